The van der Waals surface area contributed by atoms with Crippen molar-refractivity contribution < 1.29 is 14.1 Å². The Morgan fingerprint density at radius 1 is 1.42 bits per heavy atom. The molecule has 0 saturated heterocycles. The summed E-state index contributed by atoms with van der Waals surface area (Å²) in [6.07, 6.45) is 2.74. The lowest BCUT2D eigenvalue weighted by molar-refractivity contribution is -0.384. The van der Waals surface area contributed by atoms with Crippen LogP contribution in [0.2, 0.25) is 0 Å². The lowest BCUT2D eigenvalue weighted by Crippen LogP contribution is -2.05. The molecule has 0 aliphatic heterocycles. The number of nitrogens with one attached hydrogen (secondary N) is 1. The van der Waals surface area contributed by atoms with Gasteiger partial charge in [-0.05, 0) is 35.2 Å². The molecule has 1 aromatic carbocycles. The average molecular weight is 335 g/mol. The van der Waals surface area contributed by atoms with E-state index in [1.54, 1.807) is 7.11 Å². The molecule has 0 heterocycles. The Bertz CT molecular complexity index is 443. The second-order valence-corrected chi connectivity index (χ2v) is 4.88. The Balaban J connectivity index is 2.57. The largest absolute Gasteiger partial charge is 0.385 e. The Morgan fingerprint density at radius 2 is 2.16 bits per heavy atom. The van der Waals surface area contributed by atoms with E-state index >= 15 is 0 Å². The third-order valence-corrected chi connectivity index (χ3v) is 3.18. The van der Waals surface area contributed by atoms with Gasteiger partial charge in [0, 0.05) is 32.4 Å². The summed E-state index contributed by atoms with van der Waals surface area (Å²) in [7, 11) is 1.65. The number of methoxy groups -OCH3 is 1. The van der Waals surface area contributed by atoms with Crippen LogP contribution in [0.4, 0.5) is 15.8 Å². The maximum Gasteiger partial charge on any atom is 0.293 e. The molecule has 7 heteroatoms. The monoisotopic (exact) mass is 334 g/mol. The van der Waals surface area contributed by atoms with Gasteiger partial charge in [0.25, 0.3) is 5.69 Å². The molecular formula is C12H16BrFN2O3. The van der Waals surface area contributed by atoms with Crippen LogP contribution in [0.3, 0.4) is 0 Å². The van der Waals surface area contributed by atoms with Crippen molar-refractivity contribution in [2.24, 2.45) is 0 Å². The Kier molecular flexibility index (Phi) is 6.72. The summed E-state index contributed by atoms with van der Waals surface area (Å²) in [5.74, 6) is -0.521. The first kappa shape index (κ1) is 15.8. The summed E-state index contributed by atoms with van der Waals surface area (Å²) < 4.78 is 18.4. The molecule has 1 aromatic rings. The van der Waals surface area contributed by atoms with E-state index in [1.807, 2.05) is 0 Å². The zero-order valence-electron chi connectivity index (χ0n) is 10.6. The predicted octanol–water partition coefficient (Wildman–Crippen LogP) is 3.73. The van der Waals surface area contributed by atoms with Gasteiger partial charge < -0.3 is 10.1 Å². The lowest BCUT2D eigenvalue weighted by Gasteiger charge is -2.08. The zero-order valence-corrected chi connectivity index (χ0v) is 12.2. The van der Waals surface area contributed by atoms with E-state index in [0.29, 0.717) is 13.2 Å². The van der Waals surface area contributed by atoms with E-state index < -0.39 is 10.7 Å². The molecule has 0 spiro atoms. The highest BCUT2D eigenvalue weighted by Gasteiger charge is 2.16. The third-order valence-electron chi connectivity index (χ3n) is 2.58. The molecule has 0 amide bonds. The van der Waals surface area contributed by atoms with E-state index in [-0.39, 0.29) is 15.8 Å². The van der Waals surface area contributed by atoms with Crippen LogP contribution >= 0.6 is 15.9 Å². The van der Waals surface area contributed by atoms with E-state index in [0.717, 1.165) is 25.3 Å². The number of benzene rings is 1. The van der Waals surface area contributed by atoms with Crippen LogP contribution in [-0.2, 0) is 4.74 Å². The number of unbranched alkanes of at least 4 members (excludes halogenated alkanes) is 2. The van der Waals surface area contributed by atoms with Crippen LogP contribution in [0.1, 0.15) is 19.3 Å². The minimum absolute atomic E-state index is 0.0878. The second kappa shape index (κ2) is 8.06. The van der Waals surface area contributed by atoms with Crippen LogP contribution < -0.4 is 5.32 Å². The van der Waals surface area contributed by atoms with Crippen LogP contribution in [-0.4, -0.2) is 25.2 Å². The standard InChI is InChI=1S/C12H16BrFN2O3/c1-19-6-4-2-3-5-15-11-8-10(14)9(13)7-12(11)16(17)18/h7-8,15H,2-6H2,1H3. The molecule has 0 atom stereocenters. The number of nitro groups is 1. The van der Waals surface area contributed by atoms with E-state index in [9.17, 15) is 14.5 Å². The van der Waals surface area contributed by atoms with Gasteiger partial charge in [-0.2, -0.15) is 0 Å². The Hall–Kier alpha value is -1.21. The number of nitrogens with zero attached hydrogens (tertiary/aromatic N) is 1. The maximum atomic E-state index is 13.4. The van der Waals surface area contributed by atoms with Crippen molar-refractivity contribution in [1.82, 2.24) is 0 Å². The first-order valence-corrected chi connectivity index (χ1v) is 6.71. The minimum Gasteiger partial charge on any atom is -0.385 e. The summed E-state index contributed by atoms with van der Waals surface area (Å²) in [5, 5.41) is 13.8. The van der Waals surface area contributed by atoms with Crippen LogP contribution in [0.5, 0.6) is 0 Å². The highest BCUT2D eigenvalue weighted by atomic mass is 79.9. The number of ether oxygens (including phenoxy) is 1. The molecule has 5 nitrogen and oxygen atoms in total. The van der Waals surface area contributed by atoms with Gasteiger partial charge in [-0.3, -0.25) is 10.1 Å². The lowest BCUT2D eigenvalue weighted by atomic mass is 10.2. The molecule has 0 fully saturated rings. The fourth-order valence-electron chi connectivity index (χ4n) is 1.60. The van der Waals surface area contributed by atoms with Gasteiger partial charge in [0.05, 0.1) is 9.40 Å². The molecule has 1 rings (SSSR count). The summed E-state index contributed by atoms with van der Waals surface area (Å²) in [4.78, 5) is 10.3. The zero-order chi connectivity index (χ0) is 14.3. The van der Waals surface area contributed by atoms with Gasteiger partial charge in [0.15, 0.2) is 0 Å². The Labute approximate surface area is 119 Å². The van der Waals surface area contributed by atoms with Crippen LogP contribution in [0, 0.1) is 15.9 Å². The smallest absolute Gasteiger partial charge is 0.293 e. The predicted molar refractivity (Wildman–Crippen MR) is 75.0 cm³/mol. The van der Waals surface area contributed by atoms with Crippen LogP contribution in [0.15, 0.2) is 16.6 Å². The third kappa shape index (κ3) is 5.12. The molecule has 0 aromatic heterocycles. The molecule has 0 bridgehead atoms. The number of nitro benzene ring substituents is 1. The van der Waals surface area contributed by atoms with Crippen molar-refractivity contribution in [3.8, 4) is 0 Å². The number of hydrogen-bond donors (Lipinski definition) is 1. The van der Waals surface area contributed by atoms with Crippen LogP contribution in [0.25, 0.3) is 0 Å². The quantitative estimate of drug-likeness (QED) is 0.447. The maximum absolute atomic E-state index is 13.4. The van der Waals surface area contributed by atoms with Crippen molar-refractivity contribution in [3.63, 3.8) is 0 Å². The molecule has 106 valence electrons. The fraction of sp³-hybridized carbons (Fsp3) is 0.500. The normalized spacial score (nSPS) is 10.5. The van der Waals surface area contributed by atoms with E-state index in [2.05, 4.69) is 21.2 Å². The first-order chi connectivity index (χ1) is 9.06. The van der Waals surface area contributed by atoms with Gasteiger partial charge in [0.1, 0.15) is 11.5 Å². The molecule has 0 radical (unpaired) electrons. The number of anilines is 1. The van der Waals surface area contributed by atoms with Crippen molar-refractivity contribution in [2.75, 3.05) is 25.6 Å². The highest BCUT2D eigenvalue weighted by Crippen LogP contribution is 2.30. The molecule has 1 N–H and O–H groups in total. The van der Waals surface area contributed by atoms with E-state index in [1.165, 1.54) is 6.07 Å². The molecule has 0 unspecified atom stereocenters. The van der Waals surface area contributed by atoms with Gasteiger partial charge in [-0.15, -0.1) is 0 Å². The molecule has 19 heavy (non-hydrogen) atoms. The topological polar surface area (TPSA) is 64.4 Å². The van der Waals surface area contributed by atoms with Crippen molar-refractivity contribution in [2.45, 2.75) is 19.3 Å². The van der Waals surface area contributed by atoms with Crippen molar-refractivity contribution in [3.05, 3.63) is 32.5 Å². The highest BCUT2D eigenvalue weighted by molar-refractivity contribution is 9.10. The first-order valence-electron chi connectivity index (χ1n) is 5.92. The number of hydrogen-bond acceptors (Lipinski definition) is 4. The average Bonchev–Trinajstić information content (AvgIpc) is 2.37. The molecular weight excluding hydrogens is 319 g/mol. The molecule has 0 aliphatic rings. The van der Waals surface area contributed by atoms with Crippen molar-refractivity contribution >= 4 is 27.3 Å². The van der Waals surface area contributed by atoms with Crippen molar-refractivity contribution in [1.29, 1.82) is 0 Å². The fourth-order valence-corrected chi connectivity index (χ4v) is 1.93. The summed E-state index contributed by atoms with van der Waals surface area (Å²) >= 11 is 2.94. The molecule has 0 aliphatic carbocycles. The van der Waals surface area contributed by atoms with Gasteiger partial charge in [0.2, 0.25) is 0 Å². The number of halogens is 2. The van der Waals surface area contributed by atoms with Gasteiger partial charge in [-0.1, -0.05) is 0 Å². The Morgan fingerprint density at radius 3 is 2.79 bits per heavy atom. The van der Waals surface area contributed by atoms with E-state index in [4.69, 9.17) is 4.74 Å². The number of rotatable bonds is 8. The minimum atomic E-state index is -0.530. The second-order valence-electron chi connectivity index (χ2n) is 4.02. The SMILES string of the molecule is COCCCCCNc1cc(F)c(Br)cc1[N+](=O)[O-]. The summed E-state index contributed by atoms with van der Waals surface area (Å²) in [5.41, 5.74) is 0.0719. The summed E-state index contributed by atoms with van der Waals surface area (Å²) in [6.45, 7) is 1.26. The summed E-state index contributed by atoms with van der Waals surface area (Å²) in [6, 6.07) is 2.31. The van der Waals surface area contributed by atoms with Gasteiger partial charge >= 0.3 is 0 Å². The van der Waals surface area contributed by atoms with Gasteiger partial charge in [-0.25, -0.2) is 4.39 Å². The molecule has 0 saturated carbocycles.